The number of rotatable bonds is 2. The van der Waals surface area contributed by atoms with Crippen LogP contribution >= 0.6 is 27.5 Å². The normalized spacial score (nSPS) is 9.89. The van der Waals surface area contributed by atoms with Crippen molar-refractivity contribution in [1.82, 2.24) is 4.98 Å². The van der Waals surface area contributed by atoms with E-state index in [1.807, 2.05) is 25.1 Å². The largest absolute Gasteiger partial charge is 0.339 e. The first kappa shape index (κ1) is 12.9. The fourth-order valence-corrected chi connectivity index (χ4v) is 1.94. The Kier molecular flexibility index (Phi) is 3.85. The van der Waals surface area contributed by atoms with Gasteiger partial charge >= 0.3 is 0 Å². The fourth-order valence-electron chi connectivity index (χ4n) is 1.43. The fraction of sp³-hybridized carbons (Fsp3) is 0.0769. The van der Waals surface area contributed by atoms with E-state index in [1.54, 1.807) is 12.3 Å². The Labute approximate surface area is 119 Å². The number of benzene rings is 1. The Balaban J connectivity index is 2.34. The topological polar surface area (TPSA) is 48.7 Å². The van der Waals surface area contributed by atoms with Crippen LogP contribution in [0.25, 0.3) is 0 Å². The van der Waals surface area contributed by atoms with E-state index in [1.165, 1.54) is 0 Å². The average Bonchev–Trinajstić information content (AvgIpc) is 2.36. The summed E-state index contributed by atoms with van der Waals surface area (Å²) in [6.45, 7) is 1.94. The maximum atomic E-state index is 9.04. The smallest absolute Gasteiger partial charge is 0.148 e. The molecule has 1 aromatic carbocycles. The van der Waals surface area contributed by atoms with Crippen LogP contribution in [-0.4, -0.2) is 4.98 Å². The predicted molar refractivity (Wildman–Crippen MR) is 76.1 cm³/mol. The second-order valence-electron chi connectivity index (χ2n) is 3.75. The van der Waals surface area contributed by atoms with Crippen molar-refractivity contribution in [2.24, 2.45) is 0 Å². The molecule has 0 fully saturated rings. The number of nitrogens with zero attached hydrogens (tertiary/aromatic N) is 2. The minimum Gasteiger partial charge on any atom is -0.339 e. The summed E-state index contributed by atoms with van der Waals surface area (Å²) in [7, 11) is 0. The van der Waals surface area contributed by atoms with E-state index in [9.17, 15) is 0 Å². The molecule has 0 bridgehead atoms. The summed E-state index contributed by atoms with van der Waals surface area (Å²) >= 11 is 9.33. The van der Waals surface area contributed by atoms with Crippen molar-refractivity contribution in [3.8, 4) is 6.07 Å². The number of halogens is 2. The molecule has 0 saturated heterocycles. The number of anilines is 2. The summed E-state index contributed by atoms with van der Waals surface area (Å²) in [6.07, 6.45) is 1.64. The number of aromatic nitrogens is 1. The van der Waals surface area contributed by atoms with Gasteiger partial charge in [0.25, 0.3) is 0 Å². The van der Waals surface area contributed by atoms with Gasteiger partial charge in [0.1, 0.15) is 11.9 Å². The lowest BCUT2D eigenvalue weighted by atomic mass is 10.2. The molecule has 3 nitrogen and oxygen atoms in total. The minimum absolute atomic E-state index is 0.473. The van der Waals surface area contributed by atoms with Crippen LogP contribution in [0.3, 0.4) is 0 Å². The van der Waals surface area contributed by atoms with Crippen molar-refractivity contribution < 1.29 is 0 Å². The molecule has 5 heteroatoms. The average molecular weight is 323 g/mol. The van der Waals surface area contributed by atoms with E-state index in [0.717, 1.165) is 15.7 Å². The van der Waals surface area contributed by atoms with Crippen molar-refractivity contribution in [2.75, 3.05) is 5.32 Å². The quantitative estimate of drug-likeness (QED) is 0.890. The molecule has 0 aliphatic carbocycles. The minimum atomic E-state index is 0.473. The molecule has 1 N–H and O–H groups in total. The van der Waals surface area contributed by atoms with E-state index in [0.29, 0.717) is 16.4 Å². The SMILES string of the molecule is Cc1ccc(Nc2ncc(Br)cc2C#N)cc1Cl. The number of aryl methyl sites for hydroxylation is 1. The first-order valence-corrected chi connectivity index (χ1v) is 6.36. The first-order chi connectivity index (χ1) is 8.60. The molecule has 1 aromatic heterocycles. The molecule has 0 unspecified atom stereocenters. The standard InChI is InChI=1S/C13H9BrClN3/c1-8-2-3-11(5-12(8)15)18-13-9(6-16)4-10(14)7-17-13/h2-5,7H,1H3,(H,17,18). The van der Waals surface area contributed by atoms with Crippen molar-refractivity contribution >= 4 is 39.0 Å². The summed E-state index contributed by atoms with van der Waals surface area (Å²) in [5.74, 6) is 0.514. The van der Waals surface area contributed by atoms with Gasteiger partial charge in [-0.25, -0.2) is 4.98 Å². The lowest BCUT2D eigenvalue weighted by molar-refractivity contribution is 1.27. The van der Waals surface area contributed by atoms with Gasteiger partial charge in [-0.3, -0.25) is 0 Å². The molecule has 0 aliphatic heterocycles. The molecule has 90 valence electrons. The van der Waals surface area contributed by atoms with Crippen LogP contribution in [0.2, 0.25) is 5.02 Å². The number of hydrogen-bond donors (Lipinski definition) is 1. The van der Waals surface area contributed by atoms with Gasteiger partial charge in [-0.2, -0.15) is 5.26 Å². The van der Waals surface area contributed by atoms with Crippen LogP contribution in [0.1, 0.15) is 11.1 Å². The van der Waals surface area contributed by atoms with Gasteiger partial charge in [-0.05, 0) is 46.6 Å². The zero-order valence-electron chi connectivity index (χ0n) is 9.54. The highest BCUT2D eigenvalue weighted by Crippen LogP contribution is 2.24. The Hall–Kier alpha value is -1.57. The van der Waals surface area contributed by atoms with Crippen LogP contribution < -0.4 is 5.32 Å². The van der Waals surface area contributed by atoms with Crippen LogP contribution in [0.4, 0.5) is 11.5 Å². The summed E-state index contributed by atoms with van der Waals surface area (Å²) in [6, 6.07) is 9.42. The highest BCUT2D eigenvalue weighted by molar-refractivity contribution is 9.10. The molecule has 0 atom stereocenters. The second-order valence-corrected chi connectivity index (χ2v) is 5.07. The summed E-state index contributed by atoms with van der Waals surface area (Å²) in [5.41, 5.74) is 2.28. The second kappa shape index (κ2) is 5.38. The maximum Gasteiger partial charge on any atom is 0.148 e. The molecular weight excluding hydrogens is 314 g/mol. The van der Waals surface area contributed by atoms with E-state index in [2.05, 4.69) is 32.3 Å². The Bertz CT molecular complexity index is 635. The third-order valence-electron chi connectivity index (χ3n) is 2.41. The van der Waals surface area contributed by atoms with Crippen molar-refractivity contribution in [3.63, 3.8) is 0 Å². The molecule has 1 heterocycles. The molecule has 2 rings (SSSR count). The molecule has 0 amide bonds. The Morgan fingerprint density at radius 1 is 1.39 bits per heavy atom. The number of nitrogens with one attached hydrogen (secondary N) is 1. The van der Waals surface area contributed by atoms with E-state index >= 15 is 0 Å². The predicted octanol–water partition coefficient (Wildman–Crippen LogP) is 4.42. The summed E-state index contributed by atoms with van der Waals surface area (Å²) < 4.78 is 0.770. The highest BCUT2D eigenvalue weighted by Gasteiger charge is 2.05. The van der Waals surface area contributed by atoms with Gasteiger partial charge in [-0.1, -0.05) is 17.7 Å². The third kappa shape index (κ3) is 2.81. The molecular formula is C13H9BrClN3. The van der Waals surface area contributed by atoms with Gasteiger partial charge in [0.2, 0.25) is 0 Å². The zero-order chi connectivity index (χ0) is 13.1. The Morgan fingerprint density at radius 2 is 2.17 bits per heavy atom. The van der Waals surface area contributed by atoms with Crippen LogP contribution in [0, 0.1) is 18.3 Å². The third-order valence-corrected chi connectivity index (χ3v) is 3.25. The zero-order valence-corrected chi connectivity index (χ0v) is 11.9. The van der Waals surface area contributed by atoms with Crippen molar-refractivity contribution in [2.45, 2.75) is 6.92 Å². The number of nitriles is 1. The van der Waals surface area contributed by atoms with Gasteiger partial charge in [0.05, 0.1) is 5.56 Å². The highest BCUT2D eigenvalue weighted by atomic mass is 79.9. The Morgan fingerprint density at radius 3 is 2.83 bits per heavy atom. The van der Waals surface area contributed by atoms with Gasteiger partial charge in [0.15, 0.2) is 0 Å². The van der Waals surface area contributed by atoms with E-state index in [-0.39, 0.29) is 0 Å². The molecule has 18 heavy (non-hydrogen) atoms. The maximum absolute atomic E-state index is 9.04. The van der Waals surface area contributed by atoms with Gasteiger partial charge in [-0.15, -0.1) is 0 Å². The number of hydrogen-bond acceptors (Lipinski definition) is 3. The van der Waals surface area contributed by atoms with Crippen LogP contribution in [-0.2, 0) is 0 Å². The molecule has 0 spiro atoms. The van der Waals surface area contributed by atoms with Gasteiger partial charge in [0, 0.05) is 21.4 Å². The van der Waals surface area contributed by atoms with Crippen LogP contribution in [0.15, 0.2) is 34.9 Å². The van der Waals surface area contributed by atoms with Crippen LogP contribution in [0.5, 0.6) is 0 Å². The van der Waals surface area contributed by atoms with E-state index in [4.69, 9.17) is 16.9 Å². The monoisotopic (exact) mass is 321 g/mol. The summed E-state index contributed by atoms with van der Waals surface area (Å²) in [5, 5.41) is 12.8. The van der Waals surface area contributed by atoms with Crippen molar-refractivity contribution in [1.29, 1.82) is 5.26 Å². The van der Waals surface area contributed by atoms with E-state index < -0.39 is 0 Å². The molecule has 0 radical (unpaired) electrons. The summed E-state index contributed by atoms with van der Waals surface area (Å²) in [4.78, 5) is 4.17. The molecule has 2 aromatic rings. The first-order valence-electron chi connectivity index (χ1n) is 5.19. The lowest BCUT2D eigenvalue weighted by Gasteiger charge is -2.08. The lowest BCUT2D eigenvalue weighted by Crippen LogP contribution is -1.97. The van der Waals surface area contributed by atoms with Crippen molar-refractivity contribution in [3.05, 3.63) is 51.1 Å². The van der Waals surface area contributed by atoms with Gasteiger partial charge < -0.3 is 5.32 Å². The number of pyridine rings is 1. The molecule has 0 saturated carbocycles. The molecule has 0 aliphatic rings.